The first-order valence-electron chi connectivity index (χ1n) is 5.79. The normalized spacial score (nSPS) is 10.5. The number of aliphatic carboxylic acids is 1. The van der Waals surface area contributed by atoms with Crippen LogP contribution in [0.2, 0.25) is 0 Å². The summed E-state index contributed by atoms with van der Waals surface area (Å²) in [5, 5.41) is 20.4. The highest BCUT2D eigenvalue weighted by molar-refractivity contribution is 5.66. The molecule has 94 valence electrons. The molecule has 1 N–H and O–H groups in total. The van der Waals surface area contributed by atoms with Crippen LogP contribution in [0.25, 0.3) is 5.69 Å². The molecule has 1 aromatic carbocycles. The molecule has 2 aromatic rings. The number of aromatic nitrogens is 4. The average Bonchev–Trinajstić information content (AvgIpc) is 2.85. The van der Waals surface area contributed by atoms with Gasteiger partial charge in [-0.25, -0.2) is 0 Å². The molecule has 6 nitrogen and oxygen atoms in total. The molecular formula is C12H14N4O2. The second kappa shape index (κ2) is 5.39. The smallest absolute Gasteiger partial charge is 0.303 e. The Hall–Kier alpha value is -2.24. The molecule has 6 heteroatoms. The highest BCUT2D eigenvalue weighted by Crippen LogP contribution is 2.08. The summed E-state index contributed by atoms with van der Waals surface area (Å²) < 4.78 is 0. The number of carboxylic acids is 1. The maximum absolute atomic E-state index is 10.4. The molecule has 0 fully saturated rings. The zero-order valence-electron chi connectivity index (χ0n) is 10.1. The van der Waals surface area contributed by atoms with Crippen molar-refractivity contribution >= 4 is 5.97 Å². The molecule has 0 aliphatic heterocycles. The number of nitrogens with zero attached hydrogens (tertiary/aromatic N) is 4. The first kappa shape index (κ1) is 12.2. The van der Waals surface area contributed by atoms with Crippen LogP contribution in [-0.2, 0) is 17.6 Å². The van der Waals surface area contributed by atoms with E-state index in [1.54, 1.807) is 0 Å². The fraction of sp³-hybridized carbons (Fsp3) is 0.333. The van der Waals surface area contributed by atoms with Crippen LogP contribution >= 0.6 is 0 Å². The molecule has 0 saturated carbocycles. The molecule has 0 aliphatic rings. The Morgan fingerprint density at radius 2 is 2.06 bits per heavy atom. The fourth-order valence-electron chi connectivity index (χ4n) is 1.54. The van der Waals surface area contributed by atoms with Gasteiger partial charge in [0.05, 0.1) is 12.1 Å². The molecule has 2 rings (SSSR count). The summed E-state index contributed by atoms with van der Waals surface area (Å²) in [6, 6.07) is 7.86. The molecule has 0 radical (unpaired) electrons. The lowest BCUT2D eigenvalue weighted by molar-refractivity contribution is -0.137. The standard InChI is InChI=1S/C12H14N4O2/c1-2-9-3-5-10(6-4-9)16-14-11(13-15-16)7-8-12(17)18/h3-6H,2,7-8H2,1H3,(H,17,18). The van der Waals surface area contributed by atoms with Crippen molar-refractivity contribution in [3.05, 3.63) is 35.7 Å². The molecule has 0 bridgehead atoms. The van der Waals surface area contributed by atoms with Gasteiger partial charge in [-0.1, -0.05) is 19.1 Å². The first-order valence-corrected chi connectivity index (χ1v) is 5.79. The second-order valence-corrected chi connectivity index (χ2v) is 3.91. The zero-order chi connectivity index (χ0) is 13.0. The van der Waals surface area contributed by atoms with E-state index in [1.807, 2.05) is 24.3 Å². The molecule has 0 unspecified atom stereocenters. The third-order valence-corrected chi connectivity index (χ3v) is 2.59. The Morgan fingerprint density at radius 1 is 1.33 bits per heavy atom. The van der Waals surface area contributed by atoms with E-state index >= 15 is 0 Å². The van der Waals surface area contributed by atoms with Crippen molar-refractivity contribution in [1.82, 2.24) is 20.2 Å². The van der Waals surface area contributed by atoms with Gasteiger partial charge in [-0.2, -0.15) is 0 Å². The second-order valence-electron chi connectivity index (χ2n) is 3.91. The van der Waals surface area contributed by atoms with E-state index in [-0.39, 0.29) is 6.42 Å². The molecule has 18 heavy (non-hydrogen) atoms. The molecule has 0 saturated heterocycles. The predicted molar refractivity (Wildman–Crippen MR) is 64.5 cm³/mol. The lowest BCUT2D eigenvalue weighted by atomic mass is 10.2. The van der Waals surface area contributed by atoms with Gasteiger partial charge < -0.3 is 5.11 Å². The van der Waals surface area contributed by atoms with Gasteiger partial charge in [0.1, 0.15) is 0 Å². The minimum Gasteiger partial charge on any atom is -0.481 e. The predicted octanol–water partition coefficient (Wildman–Crippen LogP) is 1.24. The third kappa shape index (κ3) is 2.91. The number of carboxylic acid groups (broad SMARTS) is 1. The van der Waals surface area contributed by atoms with Gasteiger partial charge in [0.15, 0.2) is 5.82 Å². The summed E-state index contributed by atoms with van der Waals surface area (Å²) in [6.07, 6.45) is 1.29. The van der Waals surface area contributed by atoms with E-state index in [2.05, 4.69) is 22.3 Å². The Labute approximate surface area is 104 Å². The quantitative estimate of drug-likeness (QED) is 0.858. The zero-order valence-corrected chi connectivity index (χ0v) is 10.1. The lowest BCUT2D eigenvalue weighted by Gasteiger charge is -1.99. The Kier molecular flexibility index (Phi) is 3.66. The maximum atomic E-state index is 10.4. The third-order valence-electron chi connectivity index (χ3n) is 2.59. The fourth-order valence-corrected chi connectivity index (χ4v) is 1.54. The number of hydrogen-bond donors (Lipinski definition) is 1. The Balaban J connectivity index is 2.10. The highest BCUT2D eigenvalue weighted by Gasteiger charge is 2.06. The Bertz CT molecular complexity index is 533. The minimum absolute atomic E-state index is 0.0144. The van der Waals surface area contributed by atoms with Crippen LogP contribution in [0, 0.1) is 0 Å². The summed E-state index contributed by atoms with van der Waals surface area (Å²) in [5.41, 5.74) is 2.06. The largest absolute Gasteiger partial charge is 0.481 e. The van der Waals surface area contributed by atoms with Crippen LogP contribution in [0.15, 0.2) is 24.3 Å². The van der Waals surface area contributed by atoms with E-state index in [1.165, 1.54) is 10.4 Å². The summed E-state index contributed by atoms with van der Waals surface area (Å²) in [7, 11) is 0. The van der Waals surface area contributed by atoms with Crippen LogP contribution < -0.4 is 0 Å². The van der Waals surface area contributed by atoms with Crippen LogP contribution in [0.4, 0.5) is 0 Å². The van der Waals surface area contributed by atoms with E-state index in [0.29, 0.717) is 12.2 Å². The number of tetrazole rings is 1. The molecular weight excluding hydrogens is 232 g/mol. The van der Waals surface area contributed by atoms with Crippen LogP contribution in [0.5, 0.6) is 0 Å². The molecule has 0 spiro atoms. The number of carbonyl (C=O) groups is 1. The van der Waals surface area contributed by atoms with Crippen LogP contribution in [0.1, 0.15) is 24.7 Å². The summed E-state index contributed by atoms with van der Waals surface area (Å²) in [4.78, 5) is 11.9. The minimum atomic E-state index is -0.862. The Morgan fingerprint density at radius 3 is 2.67 bits per heavy atom. The van der Waals surface area contributed by atoms with E-state index < -0.39 is 5.97 Å². The van der Waals surface area contributed by atoms with Crippen LogP contribution in [-0.4, -0.2) is 31.3 Å². The number of rotatable bonds is 5. The van der Waals surface area contributed by atoms with E-state index in [9.17, 15) is 4.79 Å². The van der Waals surface area contributed by atoms with Crippen LogP contribution in [0.3, 0.4) is 0 Å². The van der Waals surface area contributed by atoms with Crippen molar-refractivity contribution in [3.63, 3.8) is 0 Å². The van der Waals surface area contributed by atoms with Crippen molar-refractivity contribution < 1.29 is 9.90 Å². The molecule has 0 aliphatic carbocycles. The van der Waals surface area contributed by atoms with Gasteiger partial charge in [0, 0.05) is 6.42 Å². The number of aryl methyl sites for hydroxylation is 2. The molecule has 0 amide bonds. The van der Waals surface area contributed by atoms with Crippen molar-refractivity contribution in [2.75, 3.05) is 0 Å². The molecule has 0 atom stereocenters. The lowest BCUT2D eigenvalue weighted by Crippen LogP contribution is -2.01. The first-order chi connectivity index (χ1) is 8.69. The molecule has 1 aromatic heterocycles. The topological polar surface area (TPSA) is 80.9 Å². The van der Waals surface area contributed by atoms with E-state index in [4.69, 9.17) is 5.11 Å². The summed E-state index contributed by atoms with van der Waals surface area (Å²) >= 11 is 0. The number of hydrogen-bond acceptors (Lipinski definition) is 4. The van der Waals surface area contributed by atoms with Gasteiger partial charge in [0.25, 0.3) is 0 Å². The van der Waals surface area contributed by atoms with Crippen molar-refractivity contribution in [2.45, 2.75) is 26.2 Å². The van der Waals surface area contributed by atoms with Gasteiger partial charge in [-0.3, -0.25) is 4.79 Å². The monoisotopic (exact) mass is 246 g/mol. The molecule has 1 heterocycles. The van der Waals surface area contributed by atoms with E-state index in [0.717, 1.165) is 12.1 Å². The van der Waals surface area contributed by atoms with Crippen molar-refractivity contribution in [3.8, 4) is 5.69 Å². The maximum Gasteiger partial charge on any atom is 0.303 e. The van der Waals surface area contributed by atoms with Crippen molar-refractivity contribution in [2.24, 2.45) is 0 Å². The van der Waals surface area contributed by atoms with Crippen molar-refractivity contribution in [1.29, 1.82) is 0 Å². The SMILES string of the molecule is CCc1ccc(-n2nnc(CCC(=O)O)n2)cc1. The van der Waals surface area contributed by atoms with Gasteiger partial charge >= 0.3 is 5.97 Å². The summed E-state index contributed by atoms with van der Waals surface area (Å²) in [5.74, 6) is -0.421. The van der Waals surface area contributed by atoms with Gasteiger partial charge in [-0.15, -0.1) is 15.0 Å². The highest BCUT2D eigenvalue weighted by atomic mass is 16.4. The summed E-state index contributed by atoms with van der Waals surface area (Å²) in [6.45, 7) is 2.09. The number of benzene rings is 1. The van der Waals surface area contributed by atoms with Gasteiger partial charge in [0.2, 0.25) is 0 Å². The van der Waals surface area contributed by atoms with Gasteiger partial charge in [-0.05, 0) is 29.3 Å². The average molecular weight is 246 g/mol.